The summed E-state index contributed by atoms with van der Waals surface area (Å²) in [7, 11) is -5.49. The van der Waals surface area contributed by atoms with Gasteiger partial charge in [0.05, 0.1) is 27.8 Å². The van der Waals surface area contributed by atoms with E-state index >= 15 is 0 Å². The zero-order valence-corrected chi connectivity index (χ0v) is 22.3. The van der Waals surface area contributed by atoms with Gasteiger partial charge in [0.25, 0.3) is 0 Å². The third kappa shape index (κ3) is 4.42. The molecule has 4 nitrogen and oxygen atoms in total. The van der Waals surface area contributed by atoms with Gasteiger partial charge in [-0.1, -0.05) is 106 Å². The smallest absolute Gasteiger partial charge is 0.245 e. The Morgan fingerprint density at radius 2 is 1.51 bits per heavy atom. The molecule has 0 saturated heterocycles. The molecule has 35 heavy (non-hydrogen) atoms. The molecule has 0 fully saturated rings. The SMILES string of the molecule is Cc1ccc([S@](=O)C2=C[C@@H](CBr)N(S(=O)(=O)c3cccc4ccccc34)[C@H]2c2ccccc2)cc1. The molecule has 3 atom stereocenters. The van der Waals surface area contributed by atoms with E-state index in [1.807, 2.05) is 97.9 Å². The highest BCUT2D eigenvalue weighted by Crippen LogP contribution is 2.44. The van der Waals surface area contributed by atoms with Crippen molar-refractivity contribution in [3.63, 3.8) is 0 Å². The van der Waals surface area contributed by atoms with Gasteiger partial charge in [0.1, 0.15) is 0 Å². The largest absolute Gasteiger partial charge is 0.249 e. The van der Waals surface area contributed by atoms with Crippen LogP contribution in [0.5, 0.6) is 0 Å². The number of hydrogen-bond donors (Lipinski definition) is 0. The first-order valence-electron chi connectivity index (χ1n) is 11.2. The molecular weight excluding hydrogens is 542 g/mol. The molecule has 0 unspecified atom stereocenters. The van der Waals surface area contributed by atoms with Crippen LogP contribution in [0.25, 0.3) is 10.8 Å². The van der Waals surface area contributed by atoms with E-state index in [0.717, 1.165) is 16.5 Å². The van der Waals surface area contributed by atoms with Gasteiger partial charge in [-0.25, -0.2) is 12.6 Å². The van der Waals surface area contributed by atoms with E-state index in [-0.39, 0.29) is 4.90 Å². The van der Waals surface area contributed by atoms with Crippen LogP contribution in [0.15, 0.2) is 118 Å². The predicted octanol–water partition coefficient (Wildman–Crippen LogP) is 6.35. The van der Waals surface area contributed by atoms with Crippen LogP contribution >= 0.6 is 15.9 Å². The van der Waals surface area contributed by atoms with Crippen LogP contribution in [0.4, 0.5) is 0 Å². The van der Waals surface area contributed by atoms with Gasteiger partial charge < -0.3 is 0 Å². The van der Waals surface area contributed by atoms with Gasteiger partial charge in [-0.2, -0.15) is 4.31 Å². The minimum absolute atomic E-state index is 0.248. The normalized spacial score (nSPS) is 19.5. The van der Waals surface area contributed by atoms with Crippen LogP contribution in [0.3, 0.4) is 0 Å². The molecule has 7 heteroatoms. The Morgan fingerprint density at radius 3 is 2.23 bits per heavy atom. The molecule has 4 aromatic rings. The lowest BCUT2D eigenvalue weighted by atomic mass is 10.1. The highest BCUT2D eigenvalue weighted by Gasteiger charge is 2.45. The van der Waals surface area contributed by atoms with Crippen LogP contribution < -0.4 is 0 Å². The number of hydrogen-bond acceptors (Lipinski definition) is 3. The van der Waals surface area contributed by atoms with Crippen LogP contribution in [-0.2, 0) is 20.8 Å². The highest BCUT2D eigenvalue weighted by atomic mass is 79.9. The third-order valence-electron chi connectivity index (χ3n) is 6.24. The van der Waals surface area contributed by atoms with E-state index in [0.29, 0.717) is 20.5 Å². The van der Waals surface area contributed by atoms with Gasteiger partial charge in [-0.15, -0.1) is 0 Å². The molecule has 0 aliphatic carbocycles. The summed E-state index contributed by atoms with van der Waals surface area (Å²) in [5.41, 5.74) is 1.86. The molecule has 1 aliphatic rings. The second kappa shape index (κ2) is 9.82. The van der Waals surface area contributed by atoms with E-state index < -0.39 is 32.9 Å². The van der Waals surface area contributed by atoms with Crippen molar-refractivity contribution in [3.05, 3.63) is 119 Å². The summed E-state index contributed by atoms with van der Waals surface area (Å²) in [6.45, 7) is 1.98. The third-order valence-corrected chi connectivity index (χ3v) is 10.3. The zero-order valence-electron chi connectivity index (χ0n) is 19.0. The lowest BCUT2D eigenvalue weighted by Gasteiger charge is -2.31. The topological polar surface area (TPSA) is 54.5 Å². The fourth-order valence-electron chi connectivity index (χ4n) is 4.54. The first-order valence-corrected chi connectivity index (χ1v) is 15.0. The Kier molecular flexibility index (Phi) is 6.77. The second-order valence-corrected chi connectivity index (χ2v) is 12.4. The zero-order chi connectivity index (χ0) is 24.6. The predicted molar refractivity (Wildman–Crippen MR) is 145 cm³/mol. The molecular formula is C28H24BrNO3S2. The Bertz CT molecular complexity index is 1530. The lowest BCUT2D eigenvalue weighted by Crippen LogP contribution is -2.39. The summed E-state index contributed by atoms with van der Waals surface area (Å²) in [5, 5.41) is 1.91. The van der Waals surface area contributed by atoms with E-state index in [1.165, 1.54) is 4.31 Å². The van der Waals surface area contributed by atoms with Crippen LogP contribution in [-0.4, -0.2) is 28.3 Å². The van der Waals surface area contributed by atoms with Crippen LogP contribution in [0.1, 0.15) is 17.2 Å². The molecule has 0 aromatic heterocycles. The van der Waals surface area contributed by atoms with Crippen molar-refractivity contribution in [1.82, 2.24) is 4.31 Å². The fraction of sp³-hybridized carbons (Fsp3) is 0.143. The van der Waals surface area contributed by atoms with Gasteiger partial charge in [0.2, 0.25) is 10.0 Å². The van der Waals surface area contributed by atoms with Crippen molar-refractivity contribution in [2.24, 2.45) is 0 Å². The van der Waals surface area contributed by atoms with Crippen molar-refractivity contribution in [2.75, 3.05) is 5.33 Å². The first-order chi connectivity index (χ1) is 16.9. The number of sulfonamides is 1. The molecule has 0 radical (unpaired) electrons. The summed E-state index contributed by atoms with van der Waals surface area (Å²) >= 11 is 3.52. The summed E-state index contributed by atoms with van der Waals surface area (Å²) in [6, 6.07) is 28.6. The van der Waals surface area contributed by atoms with Gasteiger partial charge >= 0.3 is 0 Å². The lowest BCUT2D eigenvalue weighted by molar-refractivity contribution is 0.361. The number of rotatable bonds is 6. The standard InChI is InChI=1S/C28H24BrNO3S2/c1-20-14-16-24(17-15-20)34(31)26-18-23(19-29)30(28(26)22-9-3-2-4-10-22)35(32,33)27-13-7-11-21-8-5-6-12-25(21)27/h2-18,23,28H,19H2,1H3/t23-,28-,34-/m0/s1. The maximum Gasteiger partial charge on any atom is 0.245 e. The Hall–Kier alpha value is -2.58. The molecule has 0 N–H and O–H groups in total. The maximum absolute atomic E-state index is 14.3. The maximum atomic E-state index is 14.3. The van der Waals surface area contributed by atoms with Crippen molar-refractivity contribution in [1.29, 1.82) is 0 Å². The molecule has 0 saturated carbocycles. The van der Waals surface area contributed by atoms with Gasteiger partial charge in [-0.3, -0.25) is 0 Å². The number of benzene rings is 4. The number of aryl methyl sites for hydroxylation is 1. The summed E-state index contributed by atoms with van der Waals surface area (Å²) in [4.78, 5) is 1.48. The summed E-state index contributed by atoms with van der Waals surface area (Å²) < 4.78 is 44.0. The molecule has 1 heterocycles. The Balaban J connectivity index is 1.68. The molecule has 1 aliphatic heterocycles. The number of halogens is 1. The molecule has 0 bridgehead atoms. The molecule has 5 rings (SSSR count). The number of fused-ring (bicyclic) bond motifs is 1. The van der Waals surface area contributed by atoms with E-state index in [4.69, 9.17) is 0 Å². The number of nitrogens with zero attached hydrogens (tertiary/aromatic N) is 1. The van der Waals surface area contributed by atoms with Gasteiger partial charge in [0.15, 0.2) is 0 Å². The Labute approximate surface area is 216 Å². The minimum atomic E-state index is -3.96. The van der Waals surface area contributed by atoms with E-state index in [9.17, 15) is 12.6 Å². The quantitative estimate of drug-likeness (QED) is 0.256. The van der Waals surface area contributed by atoms with Gasteiger partial charge in [0, 0.05) is 20.5 Å². The number of alkyl halides is 1. The molecule has 178 valence electrons. The monoisotopic (exact) mass is 565 g/mol. The average Bonchev–Trinajstić information content (AvgIpc) is 3.29. The average molecular weight is 567 g/mol. The molecule has 0 spiro atoms. The minimum Gasteiger partial charge on any atom is -0.249 e. The van der Waals surface area contributed by atoms with Crippen molar-refractivity contribution in [2.45, 2.75) is 28.8 Å². The highest BCUT2D eigenvalue weighted by molar-refractivity contribution is 9.09. The van der Waals surface area contributed by atoms with Crippen molar-refractivity contribution in [3.8, 4) is 0 Å². The molecule has 0 amide bonds. The first kappa shape index (κ1) is 24.1. The van der Waals surface area contributed by atoms with Crippen LogP contribution in [0, 0.1) is 6.92 Å². The van der Waals surface area contributed by atoms with E-state index in [1.54, 1.807) is 12.1 Å². The second-order valence-electron chi connectivity index (χ2n) is 8.50. The fourth-order valence-corrected chi connectivity index (χ4v) is 8.63. The van der Waals surface area contributed by atoms with E-state index in [2.05, 4.69) is 15.9 Å². The van der Waals surface area contributed by atoms with Crippen molar-refractivity contribution >= 4 is 47.5 Å². The molecule has 4 aromatic carbocycles. The summed E-state index contributed by atoms with van der Waals surface area (Å²) in [6.07, 6.45) is 1.85. The van der Waals surface area contributed by atoms with Gasteiger partial charge in [-0.05, 0) is 36.1 Å². The van der Waals surface area contributed by atoms with Crippen LogP contribution in [0.2, 0.25) is 0 Å². The summed E-state index contributed by atoms with van der Waals surface area (Å²) in [5.74, 6) is 0. The Morgan fingerprint density at radius 1 is 0.857 bits per heavy atom. The van der Waals surface area contributed by atoms with Crippen molar-refractivity contribution < 1.29 is 12.6 Å².